The fraction of sp³-hybridized carbons (Fsp3) is 0.600. The molecule has 24 heavy (non-hydrogen) atoms. The van der Waals surface area contributed by atoms with Crippen LogP contribution in [0.3, 0.4) is 0 Å². The van der Waals surface area contributed by atoms with Gasteiger partial charge in [0.2, 0.25) is 5.91 Å². The van der Waals surface area contributed by atoms with Gasteiger partial charge in [-0.15, -0.1) is 0 Å². The van der Waals surface area contributed by atoms with Crippen LogP contribution in [0, 0.1) is 5.92 Å². The van der Waals surface area contributed by atoms with Crippen molar-refractivity contribution in [3.63, 3.8) is 0 Å². The SMILES string of the molecule is CC(C)Cc1ccc(C(=O)CCC(=O)NCCN(C)C2CC2)cc1. The van der Waals surface area contributed by atoms with E-state index in [1.54, 1.807) is 0 Å². The number of nitrogens with zero attached hydrogens (tertiary/aromatic N) is 1. The molecule has 0 radical (unpaired) electrons. The van der Waals surface area contributed by atoms with E-state index >= 15 is 0 Å². The normalized spacial score (nSPS) is 14.2. The lowest BCUT2D eigenvalue weighted by Gasteiger charge is -2.15. The van der Waals surface area contributed by atoms with E-state index in [2.05, 4.69) is 31.1 Å². The van der Waals surface area contributed by atoms with E-state index in [0.29, 0.717) is 24.1 Å². The highest BCUT2D eigenvalue weighted by Crippen LogP contribution is 2.24. The van der Waals surface area contributed by atoms with E-state index < -0.39 is 0 Å². The first-order valence-electron chi connectivity index (χ1n) is 9.04. The summed E-state index contributed by atoms with van der Waals surface area (Å²) in [5.74, 6) is 0.606. The van der Waals surface area contributed by atoms with Gasteiger partial charge in [0.1, 0.15) is 0 Å². The third-order valence-electron chi connectivity index (χ3n) is 4.46. The zero-order valence-electron chi connectivity index (χ0n) is 15.2. The average molecular weight is 330 g/mol. The van der Waals surface area contributed by atoms with Gasteiger partial charge >= 0.3 is 0 Å². The minimum absolute atomic E-state index is 0.0380. The van der Waals surface area contributed by atoms with E-state index in [4.69, 9.17) is 0 Å². The van der Waals surface area contributed by atoms with Gasteiger partial charge in [-0.25, -0.2) is 0 Å². The van der Waals surface area contributed by atoms with Gasteiger partial charge in [-0.1, -0.05) is 38.1 Å². The number of carbonyl (C=O) groups excluding carboxylic acids is 2. The minimum atomic E-state index is -0.0380. The van der Waals surface area contributed by atoms with Crippen LogP contribution in [0.2, 0.25) is 0 Å². The molecule has 4 nitrogen and oxygen atoms in total. The van der Waals surface area contributed by atoms with Crippen molar-refractivity contribution in [2.24, 2.45) is 5.92 Å². The largest absolute Gasteiger partial charge is 0.355 e. The molecular formula is C20H30N2O2. The Morgan fingerprint density at radius 1 is 1.17 bits per heavy atom. The lowest BCUT2D eigenvalue weighted by Crippen LogP contribution is -2.34. The molecule has 0 spiro atoms. The number of rotatable bonds is 10. The van der Waals surface area contributed by atoms with Crippen LogP contribution in [-0.2, 0) is 11.2 Å². The van der Waals surface area contributed by atoms with Gasteiger partial charge in [0.25, 0.3) is 0 Å². The van der Waals surface area contributed by atoms with E-state index in [1.165, 1.54) is 18.4 Å². The maximum Gasteiger partial charge on any atom is 0.220 e. The summed E-state index contributed by atoms with van der Waals surface area (Å²) in [7, 11) is 2.09. The van der Waals surface area contributed by atoms with Crippen LogP contribution < -0.4 is 5.32 Å². The molecule has 4 heteroatoms. The second kappa shape index (κ2) is 8.97. The second-order valence-corrected chi connectivity index (χ2v) is 7.28. The van der Waals surface area contributed by atoms with E-state index in [-0.39, 0.29) is 24.5 Å². The third-order valence-corrected chi connectivity index (χ3v) is 4.46. The van der Waals surface area contributed by atoms with Crippen molar-refractivity contribution < 1.29 is 9.59 Å². The van der Waals surface area contributed by atoms with Crippen molar-refractivity contribution in [3.05, 3.63) is 35.4 Å². The molecule has 0 aromatic heterocycles. The van der Waals surface area contributed by atoms with E-state index in [0.717, 1.165) is 13.0 Å². The summed E-state index contributed by atoms with van der Waals surface area (Å²) in [6.45, 7) is 5.89. The zero-order chi connectivity index (χ0) is 17.5. The third kappa shape index (κ3) is 6.44. The average Bonchev–Trinajstić information content (AvgIpc) is 3.37. The van der Waals surface area contributed by atoms with Gasteiger partial charge in [-0.2, -0.15) is 0 Å². The predicted molar refractivity (Wildman–Crippen MR) is 97.2 cm³/mol. The molecule has 0 saturated heterocycles. The first-order chi connectivity index (χ1) is 11.5. The number of nitrogens with one attached hydrogen (secondary N) is 1. The van der Waals surface area contributed by atoms with Crippen molar-refractivity contribution in [2.45, 2.75) is 52.0 Å². The monoisotopic (exact) mass is 330 g/mol. The molecule has 0 atom stereocenters. The molecular weight excluding hydrogens is 300 g/mol. The van der Waals surface area contributed by atoms with Gasteiger partial charge in [0.15, 0.2) is 5.78 Å². The van der Waals surface area contributed by atoms with Crippen molar-refractivity contribution in [1.82, 2.24) is 10.2 Å². The second-order valence-electron chi connectivity index (χ2n) is 7.28. The Labute approximate surface area is 145 Å². The molecule has 1 saturated carbocycles. The molecule has 132 valence electrons. The van der Waals surface area contributed by atoms with Crippen molar-refractivity contribution >= 4 is 11.7 Å². The highest BCUT2D eigenvalue weighted by atomic mass is 16.2. The zero-order valence-corrected chi connectivity index (χ0v) is 15.2. The van der Waals surface area contributed by atoms with Crippen LogP contribution in [0.1, 0.15) is 55.5 Å². The van der Waals surface area contributed by atoms with Gasteiger partial charge < -0.3 is 10.2 Å². The van der Waals surface area contributed by atoms with Crippen LogP contribution in [0.4, 0.5) is 0 Å². The molecule has 0 heterocycles. The maximum absolute atomic E-state index is 12.2. The molecule has 1 aromatic rings. The Hall–Kier alpha value is -1.68. The van der Waals surface area contributed by atoms with Crippen molar-refractivity contribution in [2.75, 3.05) is 20.1 Å². The summed E-state index contributed by atoms with van der Waals surface area (Å²) in [6, 6.07) is 8.50. The lowest BCUT2D eigenvalue weighted by molar-refractivity contribution is -0.121. The molecule has 1 N–H and O–H groups in total. The molecule has 0 aliphatic heterocycles. The van der Waals surface area contributed by atoms with Crippen molar-refractivity contribution in [3.8, 4) is 0 Å². The van der Waals surface area contributed by atoms with Gasteiger partial charge in [0, 0.05) is 37.5 Å². The number of benzene rings is 1. The first-order valence-corrected chi connectivity index (χ1v) is 9.04. The van der Waals surface area contributed by atoms with Crippen LogP contribution in [0.5, 0.6) is 0 Å². The van der Waals surface area contributed by atoms with Gasteiger partial charge in [-0.05, 0) is 37.8 Å². The Kier molecular flexibility index (Phi) is 6.98. The highest BCUT2D eigenvalue weighted by Gasteiger charge is 2.25. The summed E-state index contributed by atoms with van der Waals surface area (Å²) in [5, 5.41) is 2.90. The number of Topliss-reactive ketones (excluding diaryl/α,β-unsaturated/α-hetero) is 1. The standard InChI is InChI=1S/C20H30N2O2/c1-15(2)14-16-4-6-17(7-5-16)19(23)10-11-20(24)21-12-13-22(3)18-8-9-18/h4-7,15,18H,8-14H2,1-3H3,(H,21,24). The van der Waals surface area contributed by atoms with Crippen molar-refractivity contribution in [1.29, 1.82) is 0 Å². The topological polar surface area (TPSA) is 49.4 Å². The van der Waals surface area contributed by atoms with Gasteiger partial charge in [-0.3, -0.25) is 9.59 Å². The van der Waals surface area contributed by atoms with Crippen LogP contribution in [0.15, 0.2) is 24.3 Å². The summed E-state index contributed by atoms with van der Waals surface area (Å²) < 4.78 is 0. The predicted octanol–water partition coefficient (Wildman–Crippen LogP) is 3.06. The van der Waals surface area contributed by atoms with Gasteiger partial charge in [0.05, 0.1) is 0 Å². The molecule has 2 rings (SSSR count). The molecule has 1 fully saturated rings. The fourth-order valence-electron chi connectivity index (χ4n) is 2.83. The molecule has 0 unspecified atom stereocenters. The lowest BCUT2D eigenvalue weighted by atomic mass is 9.99. The molecule has 0 bridgehead atoms. The maximum atomic E-state index is 12.2. The Morgan fingerprint density at radius 2 is 1.83 bits per heavy atom. The number of amides is 1. The summed E-state index contributed by atoms with van der Waals surface area (Å²) in [5.41, 5.74) is 1.95. The Balaban J connectivity index is 1.66. The molecule has 1 aliphatic carbocycles. The summed E-state index contributed by atoms with van der Waals surface area (Å²) in [6.07, 6.45) is 4.10. The first kappa shape index (κ1) is 18.7. The summed E-state index contributed by atoms with van der Waals surface area (Å²) in [4.78, 5) is 26.3. The van der Waals surface area contributed by atoms with Crippen LogP contribution >= 0.6 is 0 Å². The highest BCUT2D eigenvalue weighted by molar-refractivity contribution is 5.97. The van der Waals surface area contributed by atoms with E-state index in [1.807, 2.05) is 24.3 Å². The summed E-state index contributed by atoms with van der Waals surface area (Å²) >= 11 is 0. The molecule has 1 amide bonds. The Morgan fingerprint density at radius 3 is 2.42 bits per heavy atom. The number of hydrogen-bond donors (Lipinski definition) is 1. The van der Waals surface area contributed by atoms with E-state index in [9.17, 15) is 9.59 Å². The Bertz CT molecular complexity index is 547. The molecule has 1 aliphatic rings. The number of carbonyl (C=O) groups is 2. The fourth-order valence-corrected chi connectivity index (χ4v) is 2.83. The number of likely N-dealkylation sites (N-methyl/N-ethyl adjacent to an activating group) is 1. The quantitative estimate of drug-likeness (QED) is 0.671. The number of hydrogen-bond acceptors (Lipinski definition) is 3. The smallest absolute Gasteiger partial charge is 0.220 e. The number of ketones is 1. The van der Waals surface area contributed by atoms with Crippen LogP contribution in [-0.4, -0.2) is 42.8 Å². The minimum Gasteiger partial charge on any atom is -0.355 e. The molecule has 1 aromatic carbocycles. The van der Waals surface area contributed by atoms with Crippen LogP contribution in [0.25, 0.3) is 0 Å².